The first-order chi connectivity index (χ1) is 4.33. The Balaban J connectivity index is 2.45. The van der Waals surface area contributed by atoms with Crippen molar-refractivity contribution in [3.05, 3.63) is 0 Å². The summed E-state index contributed by atoms with van der Waals surface area (Å²) in [5.74, 6) is 0. The SMILES string of the molecule is ICC1(CI)CCOC1. The van der Waals surface area contributed by atoms with Crippen LogP contribution in [0, 0.1) is 5.41 Å². The number of hydrogen-bond acceptors (Lipinski definition) is 1. The Morgan fingerprint density at radius 3 is 2.22 bits per heavy atom. The number of alkyl halides is 2. The third-order valence-corrected chi connectivity index (χ3v) is 4.99. The standard InChI is InChI=1S/C6H10I2O/c7-3-6(4-8)1-2-9-5-6/h1-5H2. The van der Waals surface area contributed by atoms with E-state index in [0.717, 1.165) is 13.2 Å². The fourth-order valence-corrected chi connectivity index (χ4v) is 3.67. The van der Waals surface area contributed by atoms with E-state index in [1.165, 1.54) is 15.3 Å². The Kier molecular flexibility index (Phi) is 3.51. The van der Waals surface area contributed by atoms with Crippen LogP contribution in [0.25, 0.3) is 0 Å². The van der Waals surface area contributed by atoms with Crippen LogP contribution in [0.15, 0.2) is 0 Å². The maximum atomic E-state index is 5.33. The van der Waals surface area contributed by atoms with E-state index in [4.69, 9.17) is 4.74 Å². The number of ether oxygens (including phenoxy) is 1. The molecule has 0 bridgehead atoms. The Morgan fingerprint density at radius 1 is 1.33 bits per heavy atom. The molecular weight excluding hydrogens is 342 g/mol. The number of rotatable bonds is 2. The highest BCUT2D eigenvalue weighted by Gasteiger charge is 2.32. The maximum absolute atomic E-state index is 5.33. The molecule has 1 saturated heterocycles. The summed E-state index contributed by atoms with van der Waals surface area (Å²) in [4.78, 5) is 0. The summed E-state index contributed by atoms with van der Waals surface area (Å²) in [5, 5.41) is 0. The molecule has 0 aliphatic carbocycles. The summed E-state index contributed by atoms with van der Waals surface area (Å²) in [6.45, 7) is 1.96. The summed E-state index contributed by atoms with van der Waals surface area (Å²) < 4.78 is 7.82. The van der Waals surface area contributed by atoms with Crippen LogP contribution in [-0.2, 0) is 4.74 Å². The van der Waals surface area contributed by atoms with Crippen molar-refractivity contribution in [1.29, 1.82) is 0 Å². The van der Waals surface area contributed by atoms with Gasteiger partial charge in [0.15, 0.2) is 0 Å². The van der Waals surface area contributed by atoms with E-state index in [1.54, 1.807) is 0 Å². The van der Waals surface area contributed by atoms with Gasteiger partial charge >= 0.3 is 0 Å². The van der Waals surface area contributed by atoms with Gasteiger partial charge in [-0.05, 0) is 6.42 Å². The van der Waals surface area contributed by atoms with Crippen LogP contribution >= 0.6 is 45.2 Å². The monoisotopic (exact) mass is 352 g/mol. The van der Waals surface area contributed by atoms with Gasteiger partial charge in [-0.3, -0.25) is 0 Å². The number of hydrogen-bond donors (Lipinski definition) is 0. The molecule has 0 amide bonds. The highest BCUT2D eigenvalue weighted by atomic mass is 127. The molecular formula is C6H10I2O. The van der Waals surface area contributed by atoms with Crippen LogP contribution in [-0.4, -0.2) is 22.1 Å². The molecule has 0 saturated carbocycles. The highest BCUT2D eigenvalue weighted by Crippen LogP contribution is 2.32. The maximum Gasteiger partial charge on any atom is 0.0538 e. The van der Waals surface area contributed by atoms with Gasteiger partial charge < -0.3 is 4.74 Å². The van der Waals surface area contributed by atoms with Crippen molar-refractivity contribution in [1.82, 2.24) is 0 Å². The van der Waals surface area contributed by atoms with E-state index >= 15 is 0 Å². The van der Waals surface area contributed by atoms with Crippen molar-refractivity contribution in [2.45, 2.75) is 6.42 Å². The van der Waals surface area contributed by atoms with Crippen molar-refractivity contribution < 1.29 is 4.74 Å². The minimum absolute atomic E-state index is 0.529. The zero-order valence-electron chi connectivity index (χ0n) is 5.20. The van der Waals surface area contributed by atoms with Crippen molar-refractivity contribution in [3.8, 4) is 0 Å². The van der Waals surface area contributed by atoms with Crippen LogP contribution < -0.4 is 0 Å². The molecule has 9 heavy (non-hydrogen) atoms. The topological polar surface area (TPSA) is 9.23 Å². The quantitative estimate of drug-likeness (QED) is 0.548. The van der Waals surface area contributed by atoms with Crippen LogP contribution in [0.2, 0.25) is 0 Å². The second kappa shape index (κ2) is 3.71. The minimum atomic E-state index is 0.529. The van der Waals surface area contributed by atoms with Crippen LogP contribution in [0.4, 0.5) is 0 Å². The molecule has 0 atom stereocenters. The van der Waals surface area contributed by atoms with E-state index in [-0.39, 0.29) is 0 Å². The Hall–Kier alpha value is 1.42. The average Bonchev–Trinajstić information content (AvgIpc) is 2.36. The molecule has 1 rings (SSSR count). The molecule has 0 aromatic rings. The van der Waals surface area contributed by atoms with Gasteiger partial charge in [0.25, 0.3) is 0 Å². The van der Waals surface area contributed by atoms with E-state index in [2.05, 4.69) is 45.2 Å². The van der Waals surface area contributed by atoms with Gasteiger partial charge in [0.1, 0.15) is 0 Å². The first-order valence-electron chi connectivity index (χ1n) is 3.03. The molecule has 1 aliphatic heterocycles. The van der Waals surface area contributed by atoms with E-state index in [0.29, 0.717) is 5.41 Å². The molecule has 0 aromatic carbocycles. The number of halogens is 2. The lowest BCUT2D eigenvalue weighted by Crippen LogP contribution is -2.24. The second-order valence-electron chi connectivity index (χ2n) is 2.57. The lowest BCUT2D eigenvalue weighted by molar-refractivity contribution is 0.171. The largest absolute Gasteiger partial charge is 0.381 e. The summed E-state index contributed by atoms with van der Waals surface area (Å²) in [6, 6.07) is 0. The first-order valence-corrected chi connectivity index (χ1v) is 6.08. The van der Waals surface area contributed by atoms with Gasteiger partial charge in [-0.1, -0.05) is 45.2 Å². The first kappa shape index (κ1) is 8.52. The second-order valence-corrected chi connectivity index (χ2v) is 4.10. The van der Waals surface area contributed by atoms with Gasteiger partial charge in [-0.15, -0.1) is 0 Å². The van der Waals surface area contributed by atoms with Gasteiger partial charge in [-0.25, -0.2) is 0 Å². The highest BCUT2D eigenvalue weighted by molar-refractivity contribution is 14.1. The Morgan fingerprint density at radius 2 is 2.00 bits per heavy atom. The van der Waals surface area contributed by atoms with Gasteiger partial charge in [-0.2, -0.15) is 0 Å². The van der Waals surface area contributed by atoms with Crippen LogP contribution in [0.3, 0.4) is 0 Å². The zero-order chi connectivity index (χ0) is 6.74. The van der Waals surface area contributed by atoms with Gasteiger partial charge in [0.05, 0.1) is 6.61 Å². The molecule has 3 heteroatoms. The summed E-state index contributed by atoms with van der Waals surface area (Å²) in [6.07, 6.45) is 1.26. The molecule has 0 N–H and O–H groups in total. The third kappa shape index (κ3) is 1.92. The average molecular weight is 352 g/mol. The van der Waals surface area contributed by atoms with Crippen molar-refractivity contribution in [2.75, 3.05) is 22.1 Å². The van der Waals surface area contributed by atoms with Crippen LogP contribution in [0.5, 0.6) is 0 Å². The van der Waals surface area contributed by atoms with E-state index < -0.39 is 0 Å². The fourth-order valence-electron chi connectivity index (χ4n) is 0.896. The molecule has 0 aromatic heterocycles. The molecule has 0 spiro atoms. The summed E-state index contributed by atoms with van der Waals surface area (Å²) >= 11 is 4.92. The lowest BCUT2D eigenvalue weighted by Gasteiger charge is -2.20. The lowest BCUT2D eigenvalue weighted by atomic mass is 9.93. The predicted octanol–water partition coefficient (Wildman–Crippen LogP) is 2.26. The van der Waals surface area contributed by atoms with Gasteiger partial charge in [0, 0.05) is 20.9 Å². The Bertz CT molecular complexity index is 83.1. The summed E-state index contributed by atoms with van der Waals surface area (Å²) in [5.41, 5.74) is 0.529. The summed E-state index contributed by atoms with van der Waals surface area (Å²) in [7, 11) is 0. The van der Waals surface area contributed by atoms with Crippen LogP contribution in [0.1, 0.15) is 6.42 Å². The molecule has 1 nitrogen and oxygen atoms in total. The molecule has 0 radical (unpaired) electrons. The Labute approximate surface area is 83.2 Å². The van der Waals surface area contributed by atoms with E-state index in [1.807, 2.05) is 0 Å². The zero-order valence-corrected chi connectivity index (χ0v) is 9.51. The third-order valence-electron chi connectivity index (χ3n) is 1.75. The van der Waals surface area contributed by atoms with Gasteiger partial charge in [0.2, 0.25) is 0 Å². The van der Waals surface area contributed by atoms with Crippen molar-refractivity contribution in [2.24, 2.45) is 5.41 Å². The smallest absolute Gasteiger partial charge is 0.0538 e. The van der Waals surface area contributed by atoms with Crippen molar-refractivity contribution in [3.63, 3.8) is 0 Å². The molecule has 1 aliphatic rings. The predicted molar refractivity (Wildman–Crippen MR) is 55.6 cm³/mol. The molecule has 54 valence electrons. The molecule has 1 heterocycles. The minimum Gasteiger partial charge on any atom is -0.381 e. The molecule has 0 unspecified atom stereocenters. The molecule has 1 fully saturated rings. The van der Waals surface area contributed by atoms with E-state index in [9.17, 15) is 0 Å². The van der Waals surface area contributed by atoms with Crippen molar-refractivity contribution >= 4 is 45.2 Å². The fraction of sp³-hybridized carbons (Fsp3) is 1.00. The normalized spacial score (nSPS) is 24.7.